The van der Waals surface area contributed by atoms with Crippen LogP contribution in [0.4, 0.5) is 0 Å². The Bertz CT molecular complexity index is 96.3. The number of methoxy groups -OCH3 is 2. The van der Waals surface area contributed by atoms with Crippen LogP contribution in [-0.4, -0.2) is 39.5 Å². The molecule has 3 nitrogen and oxygen atoms in total. The van der Waals surface area contributed by atoms with E-state index in [0.29, 0.717) is 0 Å². The largest absolute Gasteiger partial charge is 0.379 e. The molecule has 0 saturated carbocycles. The van der Waals surface area contributed by atoms with Crippen LogP contribution in [0.3, 0.4) is 0 Å². The molecular formula is C8H17NO2. The summed E-state index contributed by atoms with van der Waals surface area (Å²) in [5.74, 6) is 0. The Morgan fingerprint density at radius 2 is 1.91 bits per heavy atom. The summed E-state index contributed by atoms with van der Waals surface area (Å²) >= 11 is 0. The molecule has 0 amide bonds. The number of nitrogens with one attached hydrogen (secondary N) is 1. The van der Waals surface area contributed by atoms with E-state index in [1.54, 1.807) is 14.2 Å². The lowest BCUT2D eigenvalue weighted by atomic mass is 10.1. The monoisotopic (exact) mass is 159 g/mol. The maximum absolute atomic E-state index is 5.31. The molecule has 2 unspecified atom stereocenters. The Kier molecular flexibility index (Phi) is 3.83. The van der Waals surface area contributed by atoms with Gasteiger partial charge in [-0.05, 0) is 19.4 Å². The van der Waals surface area contributed by atoms with Crippen molar-refractivity contribution >= 4 is 0 Å². The van der Waals surface area contributed by atoms with Gasteiger partial charge in [0.1, 0.15) is 0 Å². The van der Waals surface area contributed by atoms with E-state index in [1.165, 1.54) is 6.42 Å². The molecule has 0 bridgehead atoms. The van der Waals surface area contributed by atoms with E-state index >= 15 is 0 Å². The normalized spacial score (nSPS) is 33.3. The van der Waals surface area contributed by atoms with E-state index in [9.17, 15) is 0 Å². The Morgan fingerprint density at radius 1 is 1.18 bits per heavy atom. The first-order valence-corrected chi connectivity index (χ1v) is 4.14. The van der Waals surface area contributed by atoms with Crippen LogP contribution in [0.15, 0.2) is 0 Å². The van der Waals surface area contributed by atoms with E-state index in [1.807, 2.05) is 0 Å². The molecule has 1 aliphatic rings. The molecule has 0 spiro atoms. The molecule has 1 fully saturated rings. The van der Waals surface area contributed by atoms with E-state index < -0.39 is 0 Å². The Hall–Kier alpha value is -0.120. The molecule has 11 heavy (non-hydrogen) atoms. The number of hydrogen-bond donors (Lipinski definition) is 1. The van der Waals surface area contributed by atoms with Crippen molar-refractivity contribution in [3.8, 4) is 0 Å². The number of hydrogen-bond acceptors (Lipinski definition) is 3. The summed E-state index contributed by atoms with van der Waals surface area (Å²) in [5.41, 5.74) is 0. The van der Waals surface area contributed by atoms with Crippen LogP contribution in [0.2, 0.25) is 0 Å². The van der Waals surface area contributed by atoms with Crippen molar-refractivity contribution in [1.82, 2.24) is 5.32 Å². The van der Waals surface area contributed by atoms with Crippen molar-refractivity contribution < 1.29 is 9.47 Å². The zero-order chi connectivity index (χ0) is 8.10. The van der Waals surface area contributed by atoms with Crippen LogP contribution >= 0.6 is 0 Å². The summed E-state index contributed by atoms with van der Waals surface area (Å²) in [6, 6.07) is 0. The highest BCUT2D eigenvalue weighted by atomic mass is 16.5. The highest BCUT2D eigenvalue weighted by Gasteiger charge is 2.22. The fraction of sp³-hybridized carbons (Fsp3) is 1.00. The minimum Gasteiger partial charge on any atom is -0.379 e. The Balaban J connectivity index is 2.41. The lowest BCUT2D eigenvalue weighted by molar-refractivity contribution is -0.0326. The first kappa shape index (κ1) is 8.97. The van der Waals surface area contributed by atoms with E-state index in [-0.39, 0.29) is 12.2 Å². The smallest absolute Gasteiger partial charge is 0.0956 e. The molecule has 3 heteroatoms. The molecule has 0 aromatic carbocycles. The fourth-order valence-electron chi connectivity index (χ4n) is 1.49. The first-order chi connectivity index (χ1) is 5.38. The second-order valence-electron chi connectivity index (χ2n) is 2.89. The highest BCUT2D eigenvalue weighted by molar-refractivity contribution is 4.76. The van der Waals surface area contributed by atoms with Gasteiger partial charge in [0.2, 0.25) is 0 Å². The van der Waals surface area contributed by atoms with Crippen LogP contribution in [0.25, 0.3) is 0 Å². The molecule has 1 heterocycles. The molecule has 0 aromatic heterocycles. The Labute approximate surface area is 68.1 Å². The number of rotatable bonds is 2. The van der Waals surface area contributed by atoms with Gasteiger partial charge in [0, 0.05) is 20.8 Å². The third kappa shape index (κ3) is 2.43. The average molecular weight is 159 g/mol. The van der Waals surface area contributed by atoms with Gasteiger partial charge in [0.05, 0.1) is 12.2 Å². The van der Waals surface area contributed by atoms with E-state index in [4.69, 9.17) is 9.47 Å². The summed E-state index contributed by atoms with van der Waals surface area (Å²) in [4.78, 5) is 0. The second kappa shape index (κ2) is 4.70. The summed E-state index contributed by atoms with van der Waals surface area (Å²) in [6.07, 6.45) is 2.78. The SMILES string of the molecule is COC1CCCNCC1OC. The molecule has 0 radical (unpaired) electrons. The third-order valence-corrected chi connectivity index (χ3v) is 2.21. The van der Waals surface area contributed by atoms with Gasteiger partial charge < -0.3 is 14.8 Å². The summed E-state index contributed by atoms with van der Waals surface area (Å²) in [5, 5.41) is 3.31. The van der Waals surface area contributed by atoms with Crippen LogP contribution in [0, 0.1) is 0 Å². The van der Waals surface area contributed by atoms with Crippen molar-refractivity contribution in [3.05, 3.63) is 0 Å². The zero-order valence-electron chi connectivity index (χ0n) is 7.30. The average Bonchev–Trinajstić information content (AvgIpc) is 2.27. The molecule has 1 N–H and O–H groups in total. The van der Waals surface area contributed by atoms with Gasteiger partial charge in [-0.2, -0.15) is 0 Å². The van der Waals surface area contributed by atoms with Gasteiger partial charge >= 0.3 is 0 Å². The van der Waals surface area contributed by atoms with Gasteiger partial charge in [0.15, 0.2) is 0 Å². The van der Waals surface area contributed by atoms with Crippen molar-refractivity contribution in [2.75, 3.05) is 27.3 Å². The van der Waals surface area contributed by atoms with E-state index in [2.05, 4.69) is 5.32 Å². The lowest BCUT2D eigenvalue weighted by Crippen LogP contribution is -2.35. The minimum absolute atomic E-state index is 0.225. The van der Waals surface area contributed by atoms with Crippen molar-refractivity contribution in [2.45, 2.75) is 25.0 Å². The topological polar surface area (TPSA) is 30.5 Å². The summed E-state index contributed by atoms with van der Waals surface area (Å²) in [7, 11) is 3.49. The van der Waals surface area contributed by atoms with Crippen LogP contribution in [0.5, 0.6) is 0 Å². The summed E-state index contributed by atoms with van der Waals surface area (Å²) < 4.78 is 10.6. The predicted octanol–water partition coefficient (Wildman–Crippen LogP) is 0.400. The molecule has 2 atom stereocenters. The fourth-order valence-corrected chi connectivity index (χ4v) is 1.49. The maximum Gasteiger partial charge on any atom is 0.0956 e. The predicted molar refractivity (Wildman–Crippen MR) is 43.7 cm³/mol. The number of ether oxygens (including phenoxy) is 2. The molecule has 0 aliphatic carbocycles. The highest BCUT2D eigenvalue weighted by Crippen LogP contribution is 2.11. The maximum atomic E-state index is 5.31. The molecule has 1 saturated heterocycles. The lowest BCUT2D eigenvalue weighted by Gasteiger charge is -2.21. The zero-order valence-corrected chi connectivity index (χ0v) is 7.30. The quantitative estimate of drug-likeness (QED) is 0.632. The van der Waals surface area contributed by atoms with Gasteiger partial charge in [-0.1, -0.05) is 0 Å². The molecule has 1 aliphatic heterocycles. The van der Waals surface area contributed by atoms with Gasteiger partial charge in [-0.15, -0.1) is 0 Å². The molecule has 66 valence electrons. The molecular weight excluding hydrogens is 142 g/mol. The van der Waals surface area contributed by atoms with Crippen LogP contribution < -0.4 is 5.32 Å². The van der Waals surface area contributed by atoms with Crippen LogP contribution in [0.1, 0.15) is 12.8 Å². The standard InChI is InChI=1S/C8H17NO2/c1-10-7-4-3-5-9-6-8(7)11-2/h7-9H,3-6H2,1-2H3. The van der Waals surface area contributed by atoms with Gasteiger partial charge in [-0.25, -0.2) is 0 Å². The van der Waals surface area contributed by atoms with Gasteiger partial charge in [-0.3, -0.25) is 0 Å². The third-order valence-electron chi connectivity index (χ3n) is 2.21. The first-order valence-electron chi connectivity index (χ1n) is 4.14. The molecule has 0 aromatic rings. The van der Waals surface area contributed by atoms with Crippen molar-refractivity contribution in [3.63, 3.8) is 0 Å². The molecule has 1 rings (SSSR count). The minimum atomic E-state index is 0.225. The van der Waals surface area contributed by atoms with Gasteiger partial charge in [0.25, 0.3) is 0 Å². The van der Waals surface area contributed by atoms with E-state index in [0.717, 1.165) is 19.5 Å². The Morgan fingerprint density at radius 3 is 2.55 bits per heavy atom. The summed E-state index contributed by atoms with van der Waals surface area (Å²) in [6.45, 7) is 1.99. The van der Waals surface area contributed by atoms with Crippen LogP contribution in [-0.2, 0) is 9.47 Å². The second-order valence-corrected chi connectivity index (χ2v) is 2.89. The van der Waals surface area contributed by atoms with Crippen molar-refractivity contribution in [2.24, 2.45) is 0 Å². The van der Waals surface area contributed by atoms with Crippen molar-refractivity contribution in [1.29, 1.82) is 0 Å².